The summed E-state index contributed by atoms with van der Waals surface area (Å²) < 4.78 is 20.8. The van der Waals surface area contributed by atoms with Crippen LogP contribution in [0.2, 0.25) is 0 Å². The van der Waals surface area contributed by atoms with Crippen LogP contribution in [0.25, 0.3) is 11.1 Å². The SMILES string of the molecule is CNC(=O)c1cccc(NC(=O)c2cc3occc3n2Cc2cccc(F)c2)c1. The molecule has 2 N–H and O–H groups in total. The Morgan fingerprint density at radius 1 is 1.03 bits per heavy atom. The van der Waals surface area contributed by atoms with E-state index < -0.39 is 0 Å². The van der Waals surface area contributed by atoms with Crippen molar-refractivity contribution in [3.63, 3.8) is 0 Å². The van der Waals surface area contributed by atoms with Crippen molar-refractivity contribution in [2.75, 3.05) is 12.4 Å². The molecule has 0 saturated heterocycles. The summed E-state index contributed by atoms with van der Waals surface area (Å²) in [5.41, 5.74) is 3.32. The van der Waals surface area contributed by atoms with Crippen molar-refractivity contribution >= 4 is 28.6 Å². The molecule has 0 fully saturated rings. The number of aromatic nitrogens is 1. The first-order valence-corrected chi connectivity index (χ1v) is 9.00. The van der Waals surface area contributed by atoms with E-state index in [9.17, 15) is 14.0 Å². The maximum absolute atomic E-state index is 13.6. The lowest BCUT2D eigenvalue weighted by Crippen LogP contribution is -2.19. The number of rotatable bonds is 5. The number of furan rings is 1. The molecule has 2 heterocycles. The first-order chi connectivity index (χ1) is 14.0. The zero-order valence-corrected chi connectivity index (χ0v) is 15.6. The second-order valence-electron chi connectivity index (χ2n) is 6.53. The van der Waals surface area contributed by atoms with Crippen LogP contribution in [0.15, 0.2) is 71.3 Å². The fraction of sp³-hybridized carbons (Fsp3) is 0.0909. The fourth-order valence-corrected chi connectivity index (χ4v) is 3.23. The fourth-order valence-electron chi connectivity index (χ4n) is 3.23. The van der Waals surface area contributed by atoms with Crippen LogP contribution in [0, 0.1) is 5.82 Å². The van der Waals surface area contributed by atoms with Crippen molar-refractivity contribution in [1.82, 2.24) is 9.88 Å². The molecule has 0 aliphatic rings. The van der Waals surface area contributed by atoms with E-state index in [1.807, 2.05) is 0 Å². The van der Waals surface area contributed by atoms with Gasteiger partial charge in [0.05, 0.1) is 11.8 Å². The van der Waals surface area contributed by atoms with Crippen molar-refractivity contribution in [1.29, 1.82) is 0 Å². The third-order valence-corrected chi connectivity index (χ3v) is 4.59. The van der Waals surface area contributed by atoms with Crippen molar-refractivity contribution in [3.05, 3.63) is 89.6 Å². The summed E-state index contributed by atoms with van der Waals surface area (Å²) in [5, 5.41) is 5.36. The predicted molar refractivity (Wildman–Crippen MR) is 107 cm³/mol. The minimum absolute atomic E-state index is 0.243. The first kappa shape index (κ1) is 18.5. The van der Waals surface area contributed by atoms with E-state index in [1.54, 1.807) is 66.4 Å². The number of fused-ring (bicyclic) bond motifs is 1. The molecule has 0 spiro atoms. The Hall–Kier alpha value is -3.87. The van der Waals surface area contributed by atoms with Crippen molar-refractivity contribution < 1.29 is 18.4 Å². The summed E-state index contributed by atoms with van der Waals surface area (Å²) in [6, 6.07) is 16.3. The topological polar surface area (TPSA) is 76.3 Å². The molecule has 146 valence electrons. The van der Waals surface area contributed by atoms with Gasteiger partial charge < -0.3 is 19.6 Å². The smallest absolute Gasteiger partial charge is 0.272 e. The Kier molecular flexibility index (Phi) is 4.87. The van der Waals surface area contributed by atoms with Crippen LogP contribution < -0.4 is 10.6 Å². The number of anilines is 1. The van der Waals surface area contributed by atoms with Crippen LogP contribution in [0.3, 0.4) is 0 Å². The van der Waals surface area contributed by atoms with Crippen LogP contribution >= 0.6 is 0 Å². The number of halogens is 1. The molecule has 2 amide bonds. The van der Waals surface area contributed by atoms with Gasteiger partial charge in [-0.15, -0.1) is 0 Å². The average Bonchev–Trinajstić information content (AvgIpc) is 3.30. The number of carbonyl (C=O) groups is 2. The van der Waals surface area contributed by atoms with Crippen LogP contribution in [0.1, 0.15) is 26.4 Å². The molecular formula is C22H18FN3O3. The number of amides is 2. The molecule has 0 bridgehead atoms. The minimum Gasteiger partial charge on any atom is -0.463 e. The number of nitrogens with one attached hydrogen (secondary N) is 2. The molecule has 7 heteroatoms. The van der Waals surface area contributed by atoms with E-state index in [0.29, 0.717) is 29.1 Å². The van der Waals surface area contributed by atoms with Gasteiger partial charge in [-0.2, -0.15) is 0 Å². The van der Waals surface area contributed by atoms with E-state index in [4.69, 9.17) is 4.42 Å². The summed E-state index contributed by atoms with van der Waals surface area (Å²) in [7, 11) is 1.54. The number of carbonyl (C=O) groups excluding carboxylic acids is 2. The largest absolute Gasteiger partial charge is 0.463 e. The third-order valence-electron chi connectivity index (χ3n) is 4.59. The molecule has 0 atom stereocenters. The monoisotopic (exact) mass is 391 g/mol. The van der Waals surface area contributed by atoms with E-state index in [1.165, 1.54) is 12.1 Å². The Morgan fingerprint density at radius 3 is 2.66 bits per heavy atom. The predicted octanol–water partition coefficient (Wildman–Crippen LogP) is 4.03. The van der Waals surface area contributed by atoms with Gasteiger partial charge >= 0.3 is 0 Å². The molecular weight excluding hydrogens is 373 g/mol. The van der Waals surface area contributed by atoms with Gasteiger partial charge in [0.15, 0.2) is 5.58 Å². The molecule has 0 saturated carbocycles. The summed E-state index contributed by atoms with van der Waals surface area (Å²) in [6.07, 6.45) is 1.54. The number of hydrogen-bond acceptors (Lipinski definition) is 3. The molecule has 29 heavy (non-hydrogen) atoms. The highest BCUT2D eigenvalue weighted by Gasteiger charge is 2.18. The van der Waals surface area contributed by atoms with Crippen molar-refractivity contribution in [2.24, 2.45) is 0 Å². The molecule has 4 aromatic rings. The third kappa shape index (κ3) is 3.75. The zero-order valence-electron chi connectivity index (χ0n) is 15.6. The average molecular weight is 391 g/mol. The highest BCUT2D eigenvalue weighted by molar-refractivity contribution is 6.06. The van der Waals surface area contributed by atoms with Crippen LogP contribution in [0.4, 0.5) is 10.1 Å². The van der Waals surface area contributed by atoms with E-state index in [2.05, 4.69) is 10.6 Å². The lowest BCUT2D eigenvalue weighted by Gasteiger charge is -2.11. The lowest BCUT2D eigenvalue weighted by molar-refractivity contribution is 0.0961. The van der Waals surface area contributed by atoms with Crippen LogP contribution in [-0.4, -0.2) is 23.4 Å². The molecule has 6 nitrogen and oxygen atoms in total. The van der Waals surface area contributed by atoms with Crippen molar-refractivity contribution in [3.8, 4) is 0 Å². The number of nitrogens with zero attached hydrogens (tertiary/aromatic N) is 1. The summed E-state index contributed by atoms with van der Waals surface area (Å²) in [5.74, 6) is -0.940. The second-order valence-corrected chi connectivity index (χ2v) is 6.53. The van der Waals surface area contributed by atoms with Gasteiger partial charge in [0.25, 0.3) is 11.8 Å². The molecule has 2 aromatic heterocycles. The van der Waals surface area contributed by atoms with Gasteiger partial charge in [-0.25, -0.2) is 4.39 Å². The molecule has 0 aliphatic carbocycles. The van der Waals surface area contributed by atoms with Crippen molar-refractivity contribution in [2.45, 2.75) is 6.54 Å². The first-order valence-electron chi connectivity index (χ1n) is 9.00. The van der Waals surface area contributed by atoms with Gasteiger partial charge in [-0.3, -0.25) is 9.59 Å². The number of hydrogen-bond donors (Lipinski definition) is 2. The quantitative estimate of drug-likeness (QED) is 0.539. The van der Waals surface area contributed by atoms with Gasteiger partial charge in [0.1, 0.15) is 11.5 Å². The highest BCUT2D eigenvalue weighted by Crippen LogP contribution is 2.24. The van der Waals surface area contributed by atoms with Gasteiger partial charge in [-0.05, 0) is 35.9 Å². The molecule has 0 radical (unpaired) electrons. The normalized spacial score (nSPS) is 10.8. The van der Waals surface area contributed by atoms with E-state index in [0.717, 1.165) is 11.1 Å². The second kappa shape index (κ2) is 7.63. The minimum atomic E-state index is -0.359. The lowest BCUT2D eigenvalue weighted by atomic mass is 10.2. The van der Waals surface area contributed by atoms with Crippen LogP contribution in [-0.2, 0) is 6.54 Å². The van der Waals surface area contributed by atoms with Gasteiger partial charge in [0, 0.05) is 37.0 Å². The zero-order chi connectivity index (χ0) is 20.4. The maximum Gasteiger partial charge on any atom is 0.272 e. The Morgan fingerprint density at radius 2 is 1.86 bits per heavy atom. The van der Waals surface area contributed by atoms with Gasteiger partial charge in [-0.1, -0.05) is 18.2 Å². The molecule has 0 unspecified atom stereocenters. The Balaban J connectivity index is 1.66. The molecule has 0 aliphatic heterocycles. The Labute approximate surface area is 165 Å². The van der Waals surface area contributed by atoms with Crippen LogP contribution in [0.5, 0.6) is 0 Å². The van der Waals surface area contributed by atoms with E-state index in [-0.39, 0.29) is 17.6 Å². The summed E-state index contributed by atoms with van der Waals surface area (Å²) >= 11 is 0. The summed E-state index contributed by atoms with van der Waals surface area (Å²) in [4.78, 5) is 24.8. The number of benzene rings is 2. The standard InChI is InChI=1S/C22H18FN3O3/c1-24-21(27)15-5-3-7-17(11-15)25-22(28)19-12-20-18(8-9-29-20)26(19)13-14-4-2-6-16(23)10-14/h2-12H,13H2,1H3,(H,24,27)(H,25,28). The van der Waals surface area contributed by atoms with E-state index >= 15 is 0 Å². The van der Waals surface area contributed by atoms with Gasteiger partial charge in [0.2, 0.25) is 0 Å². The highest BCUT2D eigenvalue weighted by atomic mass is 19.1. The Bertz CT molecular complexity index is 1210. The summed E-state index contributed by atoms with van der Waals surface area (Å²) in [6.45, 7) is 0.307. The molecule has 4 rings (SSSR count). The maximum atomic E-state index is 13.6. The molecule has 2 aromatic carbocycles.